The Balaban J connectivity index is 1.83. The molecule has 0 saturated carbocycles. The molecule has 0 aliphatic carbocycles. The third kappa shape index (κ3) is 3.76. The number of esters is 1. The van der Waals surface area contributed by atoms with Crippen molar-refractivity contribution in [3.8, 4) is 11.8 Å². The zero-order valence-electron chi connectivity index (χ0n) is 14.9. The second-order valence-corrected chi connectivity index (χ2v) is 6.77. The maximum atomic E-state index is 12.4. The molecular weight excluding hydrogens is 362 g/mol. The number of hydrogen-bond acceptors (Lipinski definition) is 5. The van der Waals surface area contributed by atoms with Crippen molar-refractivity contribution in [3.05, 3.63) is 69.5 Å². The van der Waals surface area contributed by atoms with Crippen LogP contribution in [0.25, 0.3) is 5.69 Å². The van der Waals surface area contributed by atoms with Gasteiger partial charge in [0.05, 0.1) is 5.56 Å². The van der Waals surface area contributed by atoms with Crippen LogP contribution in [0.4, 0.5) is 5.82 Å². The maximum Gasteiger partial charge on any atom is 0.348 e. The zero-order valence-corrected chi connectivity index (χ0v) is 15.7. The van der Waals surface area contributed by atoms with Crippen molar-refractivity contribution in [2.24, 2.45) is 0 Å². The Kier molecular flexibility index (Phi) is 5.38. The lowest BCUT2D eigenvalue weighted by atomic mass is 10.2. The van der Waals surface area contributed by atoms with Gasteiger partial charge in [-0.15, -0.1) is 11.3 Å². The molecule has 3 aromatic rings. The van der Waals surface area contributed by atoms with E-state index in [-0.39, 0.29) is 0 Å². The van der Waals surface area contributed by atoms with Crippen molar-refractivity contribution < 1.29 is 14.3 Å². The van der Waals surface area contributed by atoms with Crippen LogP contribution in [0.5, 0.6) is 0 Å². The second kappa shape index (κ2) is 7.89. The number of nitrogens with one attached hydrogen (secondary N) is 1. The van der Waals surface area contributed by atoms with E-state index in [2.05, 4.69) is 11.4 Å². The quantitative estimate of drug-likeness (QED) is 0.683. The minimum atomic E-state index is -0.550. The van der Waals surface area contributed by atoms with Gasteiger partial charge < -0.3 is 10.1 Å². The molecule has 6 nitrogen and oxygen atoms in total. The summed E-state index contributed by atoms with van der Waals surface area (Å²) >= 11 is 1.24. The van der Waals surface area contributed by atoms with E-state index in [0.29, 0.717) is 16.3 Å². The van der Waals surface area contributed by atoms with Gasteiger partial charge in [0.25, 0.3) is 5.91 Å². The lowest BCUT2D eigenvalue weighted by Gasteiger charge is -2.13. The molecule has 0 fully saturated rings. The number of aromatic nitrogens is 1. The van der Waals surface area contributed by atoms with Crippen LogP contribution in [0.2, 0.25) is 0 Å². The lowest BCUT2D eigenvalue weighted by molar-refractivity contribution is -0.119. The Morgan fingerprint density at radius 2 is 1.93 bits per heavy atom. The van der Waals surface area contributed by atoms with Crippen LogP contribution in [-0.4, -0.2) is 23.1 Å². The third-order valence-corrected chi connectivity index (χ3v) is 5.00. The molecule has 1 N–H and O–H groups in total. The smallest absolute Gasteiger partial charge is 0.348 e. The first-order valence-corrected chi connectivity index (χ1v) is 9.08. The van der Waals surface area contributed by atoms with Gasteiger partial charge >= 0.3 is 5.97 Å². The molecule has 0 spiro atoms. The van der Waals surface area contributed by atoms with Gasteiger partial charge in [-0.1, -0.05) is 24.3 Å². The lowest BCUT2D eigenvalue weighted by Crippen LogP contribution is -2.22. The standard InChI is InChI=1S/C20H17N3O3S/c1-13-14(2)23(15-7-4-3-5-8-15)19(16(13)11-21)22-18(24)12-26-20(25)17-9-6-10-27-17/h3-10H,12H2,1-2H3,(H,22,24). The number of para-hydroxylation sites is 1. The fourth-order valence-corrected chi connectivity index (χ4v) is 3.34. The van der Waals surface area contributed by atoms with E-state index >= 15 is 0 Å². The highest BCUT2D eigenvalue weighted by atomic mass is 32.1. The Morgan fingerprint density at radius 3 is 2.56 bits per heavy atom. The molecule has 0 aliphatic rings. The van der Waals surface area contributed by atoms with Gasteiger partial charge in [0.2, 0.25) is 0 Å². The molecule has 1 aromatic carbocycles. The van der Waals surface area contributed by atoms with Crippen molar-refractivity contribution >= 4 is 29.0 Å². The molecule has 136 valence electrons. The topological polar surface area (TPSA) is 84.1 Å². The third-order valence-electron chi connectivity index (χ3n) is 4.15. The fourth-order valence-electron chi connectivity index (χ4n) is 2.73. The van der Waals surface area contributed by atoms with Crippen LogP contribution in [0.1, 0.15) is 26.5 Å². The van der Waals surface area contributed by atoms with E-state index in [0.717, 1.165) is 16.9 Å². The molecule has 3 rings (SSSR count). The van der Waals surface area contributed by atoms with E-state index in [1.165, 1.54) is 11.3 Å². The molecule has 0 atom stereocenters. The summed E-state index contributed by atoms with van der Waals surface area (Å²) in [6, 6.07) is 14.9. The summed E-state index contributed by atoms with van der Waals surface area (Å²) in [5.74, 6) is -0.687. The minimum Gasteiger partial charge on any atom is -0.451 e. The number of benzene rings is 1. The molecule has 1 amide bonds. The number of rotatable bonds is 5. The minimum absolute atomic E-state index is 0.371. The van der Waals surface area contributed by atoms with E-state index in [1.54, 1.807) is 17.5 Å². The molecule has 0 radical (unpaired) electrons. The van der Waals surface area contributed by atoms with Crippen molar-refractivity contribution in [3.63, 3.8) is 0 Å². The summed E-state index contributed by atoms with van der Waals surface area (Å²) in [6.07, 6.45) is 0. The highest BCUT2D eigenvalue weighted by Gasteiger charge is 2.21. The van der Waals surface area contributed by atoms with Crippen molar-refractivity contribution in [1.82, 2.24) is 4.57 Å². The number of hydrogen-bond donors (Lipinski definition) is 1. The fraction of sp³-hybridized carbons (Fsp3) is 0.150. The molecule has 0 unspecified atom stereocenters. The molecule has 2 heterocycles. The summed E-state index contributed by atoms with van der Waals surface area (Å²) in [6.45, 7) is 3.29. The summed E-state index contributed by atoms with van der Waals surface area (Å²) in [5, 5.41) is 14.0. The number of nitrogens with zero attached hydrogens (tertiary/aromatic N) is 2. The zero-order chi connectivity index (χ0) is 19.4. The average molecular weight is 379 g/mol. The van der Waals surface area contributed by atoms with E-state index < -0.39 is 18.5 Å². The summed E-state index contributed by atoms with van der Waals surface area (Å²) < 4.78 is 6.86. The van der Waals surface area contributed by atoms with Gasteiger partial charge in [0.15, 0.2) is 6.61 Å². The molecule has 27 heavy (non-hydrogen) atoms. The molecular formula is C20H17N3O3S. The van der Waals surface area contributed by atoms with Gasteiger partial charge in [-0.3, -0.25) is 9.36 Å². The first kappa shape index (κ1) is 18.4. The largest absolute Gasteiger partial charge is 0.451 e. The number of thiophene rings is 1. The monoisotopic (exact) mass is 379 g/mol. The van der Waals surface area contributed by atoms with E-state index in [9.17, 15) is 14.9 Å². The summed E-state index contributed by atoms with van der Waals surface area (Å²) in [7, 11) is 0. The molecule has 0 aliphatic heterocycles. The van der Waals surface area contributed by atoms with Gasteiger partial charge in [0.1, 0.15) is 16.8 Å². The number of carbonyl (C=O) groups is 2. The number of ether oxygens (including phenoxy) is 1. The molecule has 0 bridgehead atoms. The number of amides is 1. The van der Waals surface area contributed by atoms with Gasteiger partial charge in [-0.25, -0.2) is 4.79 Å². The Labute approximate surface area is 160 Å². The first-order valence-electron chi connectivity index (χ1n) is 8.20. The normalized spacial score (nSPS) is 10.3. The molecule has 0 saturated heterocycles. The van der Waals surface area contributed by atoms with Crippen molar-refractivity contribution in [2.45, 2.75) is 13.8 Å². The predicted octanol–water partition coefficient (Wildman–Crippen LogP) is 3.82. The SMILES string of the molecule is Cc1c(C#N)c(NC(=O)COC(=O)c2cccs2)n(-c2ccccc2)c1C. The van der Waals surface area contributed by atoms with Crippen LogP contribution < -0.4 is 5.32 Å². The number of carbonyl (C=O) groups excluding carboxylic acids is 2. The van der Waals surface area contributed by atoms with Crippen LogP contribution in [0, 0.1) is 25.2 Å². The van der Waals surface area contributed by atoms with Gasteiger partial charge in [0, 0.05) is 11.4 Å². The highest BCUT2D eigenvalue weighted by Crippen LogP contribution is 2.29. The first-order chi connectivity index (χ1) is 13.0. The predicted molar refractivity (Wildman–Crippen MR) is 103 cm³/mol. The Bertz CT molecular complexity index is 1020. The van der Waals surface area contributed by atoms with E-state index in [4.69, 9.17) is 4.74 Å². The van der Waals surface area contributed by atoms with E-state index in [1.807, 2.05) is 48.7 Å². The highest BCUT2D eigenvalue weighted by molar-refractivity contribution is 7.11. The van der Waals surface area contributed by atoms with Crippen molar-refractivity contribution in [2.75, 3.05) is 11.9 Å². The van der Waals surface area contributed by atoms with Crippen LogP contribution >= 0.6 is 11.3 Å². The second-order valence-electron chi connectivity index (χ2n) is 5.82. The number of anilines is 1. The Hall–Kier alpha value is -3.37. The summed E-state index contributed by atoms with van der Waals surface area (Å²) in [5.41, 5.74) is 2.84. The maximum absolute atomic E-state index is 12.4. The molecule has 7 heteroatoms. The van der Waals surface area contributed by atoms with Crippen LogP contribution in [0.3, 0.4) is 0 Å². The van der Waals surface area contributed by atoms with Gasteiger partial charge in [-0.05, 0) is 43.0 Å². The Morgan fingerprint density at radius 1 is 1.19 bits per heavy atom. The molecule has 2 aromatic heterocycles. The summed E-state index contributed by atoms with van der Waals surface area (Å²) in [4.78, 5) is 24.7. The van der Waals surface area contributed by atoms with Crippen LogP contribution in [-0.2, 0) is 9.53 Å². The van der Waals surface area contributed by atoms with Crippen molar-refractivity contribution in [1.29, 1.82) is 5.26 Å². The van der Waals surface area contributed by atoms with Crippen LogP contribution in [0.15, 0.2) is 47.8 Å². The number of nitriles is 1. The average Bonchev–Trinajstić information content (AvgIpc) is 3.29. The van der Waals surface area contributed by atoms with Gasteiger partial charge in [-0.2, -0.15) is 5.26 Å².